The number of alkyl halides is 3. The third-order valence-electron chi connectivity index (χ3n) is 0.595. The maximum Gasteiger partial charge on any atom is 0.471 e. The molecule has 0 fully saturated rings. The SMILES string of the molecule is CCNC(=O)C(F)(F)F. The summed E-state index contributed by atoms with van der Waals surface area (Å²) in [6.07, 6.45) is -4.74. The number of hydrogen-bond donors (Lipinski definition) is 1. The Morgan fingerprint density at radius 2 is 2.00 bits per heavy atom. The van der Waals surface area contributed by atoms with Crippen molar-refractivity contribution in [3.8, 4) is 0 Å². The van der Waals surface area contributed by atoms with E-state index in [2.05, 4.69) is 0 Å². The lowest BCUT2D eigenvalue weighted by Gasteiger charge is -2.03. The molecule has 2 nitrogen and oxygen atoms in total. The smallest absolute Gasteiger partial charge is 0.349 e. The van der Waals surface area contributed by atoms with Gasteiger partial charge in [-0.2, -0.15) is 13.2 Å². The Balaban J connectivity index is 3.74. The fourth-order valence-electron chi connectivity index (χ4n) is 0.261. The van der Waals surface area contributed by atoms with Gasteiger partial charge in [0, 0.05) is 6.54 Å². The molecule has 54 valence electrons. The average molecular weight is 141 g/mol. The van der Waals surface area contributed by atoms with Gasteiger partial charge in [-0.25, -0.2) is 0 Å². The largest absolute Gasteiger partial charge is 0.471 e. The van der Waals surface area contributed by atoms with E-state index in [-0.39, 0.29) is 6.54 Å². The summed E-state index contributed by atoms with van der Waals surface area (Å²) < 4.78 is 33.7. The molecular weight excluding hydrogens is 135 g/mol. The van der Waals surface area contributed by atoms with E-state index < -0.39 is 12.1 Å². The van der Waals surface area contributed by atoms with Crippen molar-refractivity contribution < 1.29 is 18.0 Å². The molecule has 0 spiro atoms. The summed E-state index contributed by atoms with van der Waals surface area (Å²) in [5.41, 5.74) is 0. The number of carbonyl (C=O) groups excluding carboxylic acids is 1. The third kappa shape index (κ3) is 2.94. The van der Waals surface area contributed by atoms with E-state index in [9.17, 15) is 18.0 Å². The lowest BCUT2D eigenvalue weighted by molar-refractivity contribution is -0.173. The molecule has 0 atom stereocenters. The summed E-state index contributed by atoms with van der Waals surface area (Å²) in [5.74, 6) is -1.88. The number of hydrogen-bond acceptors (Lipinski definition) is 1. The molecule has 0 aliphatic rings. The van der Waals surface area contributed by atoms with Crippen LogP contribution in [0.1, 0.15) is 6.92 Å². The molecule has 5 heteroatoms. The van der Waals surface area contributed by atoms with E-state index in [1.807, 2.05) is 0 Å². The first-order valence-corrected chi connectivity index (χ1v) is 2.33. The first-order valence-electron chi connectivity index (χ1n) is 2.33. The molecule has 1 amide bonds. The van der Waals surface area contributed by atoms with Crippen molar-refractivity contribution in [1.29, 1.82) is 0 Å². The molecule has 0 saturated heterocycles. The second-order valence-electron chi connectivity index (χ2n) is 1.36. The van der Waals surface area contributed by atoms with Gasteiger partial charge in [0.2, 0.25) is 0 Å². The van der Waals surface area contributed by atoms with Crippen LogP contribution < -0.4 is 5.32 Å². The molecule has 0 aromatic rings. The first-order chi connectivity index (χ1) is 3.98. The topological polar surface area (TPSA) is 29.1 Å². The Morgan fingerprint density at radius 3 is 2.11 bits per heavy atom. The zero-order valence-electron chi connectivity index (χ0n) is 4.75. The van der Waals surface area contributed by atoms with Crippen molar-refractivity contribution in [3.05, 3.63) is 0 Å². The van der Waals surface area contributed by atoms with Crippen molar-refractivity contribution in [1.82, 2.24) is 5.32 Å². The zero-order valence-corrected chi connectivity index (χ0v) is 4.75. The molecule has 0 aliphatic carbocycles. The molecule has 0 bridgehead atoms. The molecule has 0 heterocycles. The second kappa shape index (κ2) is 2.70. The van der Waals surface area contributed by atoms with E-state index in [1.54, 1.807) is 5.32 Å². The van der Waals surface area contributed by atoms with Crippen LogP contribution in [0.4, 0.5) is 13.2 Å². The number of carbonyl (C=O) groups is 1. The molecule has 9 heavy (non-hydrogen) atoms. The Hall–Kier alpha value is -0.740. The number of rotatable bonds is 1. The quantitative estimate of drug-likeness (QED) is 0.571. The maximum absolute atomic E-state index is 11.2. The van der Waals surface area contributed by atoms with Crippen LogP contribution in [0.5, 0.6) is 0 Å². The van der Waals surface area contributed by atoms with Gasteiger partial charge in [0.25, 0.3) is 0 Å². The monoisotopic (exact) mass is 141 g/mol. The van der Waals surface area contributed by atoms with Crippen molar-refractivity contribution >= 4 is 5.91 Å². The van der Waals surface area contributed by atoms with E-state index in [4.69, 9.17) is 0 Å². The molecule has 0 aromatic heterocycles. The Morgan fingerprint density at radius 1 is 1.56 bits per heavy atom. The van der Waals surface area contributed by atoms with E-state index in [0.29, 0.717) is 0 Å². The van der Waals surface area contributed by atoms with Gasteiger partial charge >= 0.3 is 12.1 Å². The fourth-order valence-corrected chi connectivity index (χ4v) is 0.261. The highest BCUT2D eigenvalue weighted by Gasteiger charge is 2.37. The summed E-state index contributed by atoms with van der Waals surface area (Å²) in [6.45, 7) is 1.42. The Bertz CT molecular complexity index is 109. The van der Waals surface area contributed by atoms with Crippen molar-refractivity contribution in [2.45, 2.75) is 13.1 Å². The standard InChI is InChI=1S/C4H6F3NO/c1-2-8-3(9)4(5,6)7/h2H2,1H3,(H,8,9). The van der Waals surface area contributed by atoms with Crippen LogP contribution >= 0.6 is 0 Å². The molecule has 1 N–H and O–H groups in total. The third-order valence-corrected chi connectivity index (χ3v) is 0.595. The molecule has 0 rings (SSSR count). The minimum Gasteiger partial charge on any atom is -0.349 e. The minimum absolute atomic E-state index is 0.00164. The van der Waals surface area contributed by atoms with Gasteiger partial charge < -0.3 is 5.32 Å². The summed E-state index contributed by atoms with van der Waals surface area (Å²) in [5, 5.41) is 1.62. The molecular formula is C4H6F3NO. The summed E-state index contributed by atoms with van der Waals surface area (Å²) >= 11 is 0. The van der Waals surface area contributed by atoms with Crippen molar-refractivity contribution in [3.63, 3.8) is 0 Å². The minimum atomic E-state index is -4.74. The number of halogens is 3. The predicted molar refractivity (Wildman–Crippen MR) is 24.7 cm³/mol. The first kappa shape index (κ1) is 8.26. The summed E-state index contributed by atoms with van der Waals surface area (Å²) in [4.78, 5) is 9.83. The lowest BCUT2D eigenvalue weighted by atomic mass is 10.6. The normalized spacial score (nSPS) is 11.1. The van der Waals surface area contributed by atoms with Gasteiger partial charge in [-0.15, -0.1) is 0 Å². The highest BCUT2D eigenvalue weighted by Crippen LogP contribution is 2.13. The number of amides is 1. The van der Waals surface area contributed by atoms with Gasteiger partial charge in [-0.3, -0.25) is 4.79 Å². The predicted octanol–water partition coefficient (Wildman–Crippen LogP) is 0.685. The summed E-state index contributed by atoms with van der Waals surface area (Å²) in [6, 6.07) is 0. The Kier molecular flexibility index (Phi) is 2.48. The molecule has 0 saturated carbocycles. The van der Waals surface area contributed by atoms with Crippen molar-refractivity contribution in [2.75, 3.05) is 6.54 Å². The van der Waals surface area contributed by atoms with Crippen LogP contribution in [-0.4, -0.2) is 18.6 Å². The van der Waals surface area contributed by atoms with Gasteiger partial charge in [0.05, 0.1) is 0 Å². The van der Waals surface area contributed by atoms with Crippen LogP contribution in [0.2, 0.25) is 0 Å². The lowest BCUT2D eigenvalue weighted by Crippen LogP contribution is -2.36. The molecule has 0 aromatic carbocycles. The van der Waals surface area contributed by atoms with E-state index in [1.165, 1.54) is 6.92 Å². The second-order valence-corrected chi connectivity index (χ2v) is 1.36. The van der Waals surface area contributed by atoms with Gasteiger partial charge in [0.1, 0.15) is 0 Å². The fraction of sp³-hybridized carbons (Fsp3) is 0.750. The van der Waals surface area contributed by atoms with E-state index in [0.717, 1.165) is 0 Å². The van der Waals surface area contributed by atoms with Crippen LogP contribution in [0, 0.1) is 0 Å². The van der Waals surface area contributed by atoms with Crippen LogP contribution in [0.25, 0.3) is 0 Å². The summed E-state index contributed by atoms with van der Waals surface area (Å²) in [7, 11) is 0. The molecule has 0 radical (unpaired) electrons. The number of nitrogens with one attached hydrogen (secondary N) is 1. The van der Waals surface area contributed by atoms with Gasteiger partial charge in [-0.1, -0.05) is 0 Å². The Labute approximate surface area is 50.0 Å². The average Bonchev–Trinajstić information content (AvgIpc) is 1.64. The highest BCUT2D eigenvalue weighted by atomic mass is 19.4. The zero-order chi connectivity index (χ0) is 7.49. The van der Waals surface area contributed by atoms with Crippen LogP contribution in [0.15, 0.2) is 0 Å². The molecule has 0 unspecified atom stereocenters. The molecule has 0 aliphatic heterocycles. The van der Waals surface area contributed by atoms with Crippen LogP contribution in [-0.2, 0) is 4.79 Å². The maximum atomic E-state index is 11.2. The van der Waals surface area contributed by atoms with Crippen LogP contribution in [0.3, 0.4) is 0 Å². The van der Waals surface area contributed by atoms with E-state index >= 15 is 0 Å². The highest BCUT2D eigenvalue weighted by molar-refractivity contribution is 5.81. The van der Waals surface area contributed by atoms with Gasteiger partial charge in [0.15, 0.2) is 0 Å². The van der Waals surface area contributed by atoms with Crippen molar-refractivity contribution in [2.24, 2.45) is 0 Å². The van der Waals surface area contributed by atoms with Gasteiger partial charge in [-0.05, 0) is 6.92 Å².